The number of hydrogen-bond donors (Lipinski definition) is 1. The maximum Gasteiger partial charge on any atom is 0.225 e. The quantitative estimate of drug-likeness (QED) is 0.833. The van der Waals surface area contributed by atoms with E-state index in [4.69, 9.17) is 9.72 Å². The zero-order valence-corrected chi connectivity index (χ0v) is 16.2. The molecule has 1 aromatic rings. The van der Waals surface area contributed by atoms with Gasteiger partial charge in [-0.05, 0) is 39.8 Å². The smallest absolute Gasteiger partial charge is 0.225 e. The van der Waals surface area contributed by atoms with E-state index in [9.17, 15) is 4.79 Å². The van der Waals surface area contributed by atoms with Gasteiger partial charge >= 0.3 is 0 Å². The highest BCUT2D eigenvalue weighted by atomic mass is 32.1. The Labute approximate surface area is 154 Å². The molecular formula is C18H30N4O2S. The Morgan fingerprint density at radius 1 is 1.36 bits per heavy atom. The highest BCUT2D eigenvalue weighted by molar-refractivity contribution is 7.09. The second-order valence-corrected chi connectivity index (χ2v) is 7.79. The van der Waals surface area contributed by atoms with Crippen molar-refractivity contribution in [3.05, 3.63) is 16.1 Å². The maximum absolute atomic E-state index is 12.6. The molecule has 6 nitrogen and oxygen atoms in total. The molecule has 2 aliphatic heterocycles. The van der Waals surface area contributed by atoms with Crippen LogP contribution in [0.15, 0.2) is 5.38 Å². The highest BCUT2D eigenvalue weighted by Gasteiger charge is 2.28. The molecule has 1 amide bonds. The van der Waals surface area contributed by atoms with Crippen LogP contribution in [0.5, 0.6) is 0 Å². The molecule has 0 saturated carbocycles. The number of ether oxygens (including phenoxy) is 1. The average molecular weight is 367 g/mol. The Kier molecular flexibility index (Phi) is 6.81. The van der Waals surface area contributed by atoms with Gasteiger partial charge in [0.15, 0.2) is 0 Å². The zero-order chi connectivity index (χ0) is 17.6. The molecule has 1 atom stereocenters. The molecule has 7 heteroatoms. The van der Waals surface area contributed by atoms with Gasteiger partial charge in [0.2, 0.25) is 5.91 Å². The second kappa shape index (κ2) is 9.07. The van der Waals surface area contributed by atoms with Gasteiger partial charge in [-0.15, -0.1) is 11.3 Å². The lowest BCUT2D eigenvalue weighted by atomic mass is 9.96. The van der Waals surface area contributed by atoms with E-state index in [2.05, 4.69) is 27.4 Å². The predicted molar refractivity (Wildman–Crippen MR) is 99.6 cm³/mol. The summed E-state index contributed by atoms with van der Waals surface area (Å²) in [5, 5.41) is 6.52. The van der Waals surface area contributed by atoms with Crippen molar-refractivity contribution in [2.75, 3.05) is 45.9 Å². The van der Waals surface area contributed by atoms with Crippen molar-refractivity contribution >= 4 is 17.2 Å². The summed E-state index contributed by atoms with van der Waals surface area (Å²) in [6, 6.07) is 0. The van der Waals surface area contributed by atoms with Gasteiger partial charge in [0.05, 0.1) is 5.69 Å². The molecule has 0 bridgehead atoms. The number of rotatable bonds is 6. The van der Waals surface area contributed by atoms with Crippen molar-refractivity contribution in [2.24, 2.45) is 5.92 Å². The number of carbonyl (C=O) groups excluding carboxylic acids is 1. The summed E-state index contributed by atoms with van der Waals surface area (Å²) in [7, 11) is 0. The number of piperidine rings is 1. The molecule has 1 unspecified atom stereocenters. The maximum atomic E-state index is 12.6. The first-order chi connectivity index (χ1) is 12.2. The Hall–Kier alpha value is -1.02. The van der Waals surface area contributed by atoms with E-state index < -0.39 is 0 Å². The minimum absolute atomic E-state index is 0.0724. The van der Waals surface area contributed by atoms with E-state index in [1.807, 2.05) is 6.92 Å². The molecule has 2 saturated heterocycles. The number of nitrogens with one attached hydrogen (secondary N) is 1. The normalized spacial score (nSPS) is 21.4. The minimum atomic E-state index is 0.0724. The second-order valence-electron chi connectivity index (χ2n) is 6.90. The van der Waals surface area contributed by atoms with Crippen molar-refractivity contribution in [3.8, 4) is 0 Å². The zero-order valence-electron chi connectivity index (χ0n) is 15.4. The fourth-order valence-corrected chi connectivity index (χ4v) is 4.40. The molecule has 140 valence electrons. The van der Waals surface area contributed by atoms with E-state index in [0.717, 1.165) is 69.4 Å². The number of nitrogens with zero attached hydrogens (tertiary/aromatic N) is 3. The van der Waals surface area contributed by atoms with Gasteiger partial charge in [-0.3, -0.25) is 9.69 Å². The highest BCUT2D eigenvalue weighted by Crippen LogP contribution is 2.22. The molecule has 1 N–H and O–H groups in total. The van der Waals surface area contributed by atoms with Crippen molar-refractivity contribution in [3.63, 3.8) is 0 Å². The van der Waals surface area contributed by atoms with Crippen LogP contribution in [-0.4, -0.2) is 66.6 Å². The molecule has 0 aliphatic carbocycles. The number of amides is 1. The number of aromatic nitrogens is 1. The Balaban J connectivity index is 1.45. The van der Waals surface area contributed by atoms with Crippen molar-refractivity contribution < 1.29 is 9.53 Å². The molecule has 25 heavy (non-hydrogen) atoms. The van der Waals surface area contributed by atoms with Crippen LogP contribution in [-0.2, 0) is 16.1 Å². The summed E-state index contributed by atoms with van der Waals surface area (Å²) in [4.78, 5) is 21.8. The molecule has 0 aromatic carbocycles. The van der Waals surface area contributed by atoms with Crippen molar-refractivity contribution in [1.82, 2.24) is 20.1 Å². The van der Waals surface area contributed by atoms with E-state index >= 15 is 0 Å². The van der Waals surface area contributed by atoms with E-state index in [1.54, 1.807) is 11.3 Å². The van der Waals surface area contributed by atoms with Crippen LogP contribution in [0.3, 0.4) is 0 Å². The first kappa shape index (κ1) is 18.8. The SMILES string of the molecule is CCOC(C)c1nc(CN2CCN(C(=O)C3CCNCC3)CC2)cs1. The van der Waals surface area contributed by atoms with Crippen LogP contribution in [0.1, 0.15) is 43.5 Å². The number of carbonyl (C=O) groups is 1. The monoisotopic (exact) mass is 366 g/mol. The van der Waals surface area contributed by atoms with Gasteiger partial charge in [0.1, 0.15) is 11.1 Å². The third-order valence-corrected chi connectivity index (χ3v) is 6.15. The van der Waals surface area contributed by atoms with Gasteiger partial charge < -0.3 is 15.0 Å². The third kappa shape index (κ3) is 5.00. The lowest BCUT2D eigenvalue weighted by Crippen LogP contribution is -2.51. The molecule has 1 aromatic heterocycles. The summed E-state index contributed by atoms with van der Waals surface area (Å²) < 4.78 is 5.61. The van der Waals surface area contributed by atoms with Gasteiger partial charge in [-0.2, -0.15) is 0 Å². The summed E-state index contributed by atoms with van der Waals surface area (Å²) in [6.07, 6.45) is 2.04. The predicted octanol–water partition coefficient (Wildman–Crippen LogP) is 1.88. The van der Waals surface area contributed by atoms with E-state index in [0.29, 0.717) is 12.5 Å². The number of piperazine rings is 1. The van der Waals surface area contributed by atoms with Crippen LogP contribution in [0.2, 0.25) is 0 Å². The van der Waals surface area contributed by atoms with Crippen LogP contribution in [0.4, 0.5) is 0 Å². The number of hydrogen-bond acceptors (Lipinski definition) is 6. The topological polar surface area (TPSA) is 57.7 Å². The first-order valence-corrected chi connectivity index (χ1v) is 10.3. The molecule has 2 aliphatic rings. The van der Waals surface area contributed by atoms with Crippen LogP contribution >= 0.6 is 11.3 Å². The van der Waals surface area contributed by atoms with Gasteiger partial charge in [0, 0.05) is 50.6 Å². The standard InChI is InChI=1S/C18H30N4O2S/c1-3-24-14(2)17-20-16(13-25-17)12-21-8-10-22(11-9-21)18(23)15-4-6-19-7-5-15/h13-15,19H,3-12H2,1-2H3. The van der Waals surface area contributed by atoms with Crippen molar-refractivity contribution in [2.45, 2.75) is 39.3 Å². The molecule has 3 rings (SSSR count). The molecule has 0 radical (unpaired) electrons. The van der Waals surface area contributed by atoms with Crippen molar-refractivity contribution in [1.29, 1.82) is 0 Å². The van der Waals surface area contributed by atoms with E-state index in [-0.39, 0.29) is 12.0 Å². The van der Waals surface area contributed by atoms with E-state index in [1.165, 1.54) is 0 Å². The number of thiazole rings is 1. The Morgan fingerprint density at radius 3 is 2.76 bits per heavy atom. The lowest BCUT2D eigenvalue weighted by molar-refractivity contribution is -0.138. The summed E-state index contributed by atoms with van der Waals surface area (Å²) in [5.74, 6) is 0.594. The summed E-state index contributed by atoms with van der Waals surface area (Å²) in [5.41, 5.74) is 1.12. The molecule has 2 fully saturated rings. The summed E-state index contributed by atoms with van der Waals surface area (Å²) >= 11 is 1.68. The largest absolute Gasteiger partial charge is 0.372 e. The third-order valence-electron chi connectivity index (χ3n) is 5.09. The fourth-order valence-electron chi connectivity index (χ4n) is 3.59. The minimum Gasteiger partial charge on any atom is -0.372 e. The van der Waals surface area contributed by atoms with Gasteiger partial charge in [-0.1, -0.05) is 0 Å². The molecule has 3 heterocycles. The lowest BCUT2D eigenvalue weighted by Gasteiger charge is -2.37. The van der Waals surface area contributed by atoms with Crippen LogP contribution in [0, 0.1) is 5.92 Å². The van der Waals surface area contributed by atoms with Gasteiger partial charge in [0.25, 0.3) is 0 Å². The Morgan fingerprint density at radius 2 is 2.08 bits per heavy atom. The summed E-state index contributed by atoms with van der Waals surface area (Å²) in [6.45, 7) is 11.1. The fraction of sp³-hybridized carbons (Fsp3) is 0.778. The molecular weight excluding hydrogens is 336 g/mol. The van der Waals surface area contributed by atoms with Gasteiger partial charge in [-0.25, -0.2) is 4.98 Å². The molecule has 0 spiro atoms. The van der Waals surface area contributed by atoms with Crippen LogP contribution in [0.25, 0.3) is 0 Å². The van der Waals surface area contributed by atoms with Crippen LogP contribution < -0.4 is 5.32 Å². The first-order valence-electron chi connectivity index (χ1n) is 9.45. The Bertz CT molecular complexity index is 551. The average Bonchev–Trinajstić information content (AvgIpc) is 3.11.